The lowest BCUT2D eigenvalue weighted by Gasteiger charge is -2.27. The number of methoxy groups -OCH3 is 1. The second-order valence-corrected chi connectivity index (χ2v) is 6.08. The van der Waals surface area contributed by atoms with Gasteiger partial charge in [-0.2, -0.15) is 0 Å². The van der Waals surface area contributed by atoms with Gasteiger partial charge in [-0.3, -0.25) is 0 Å². The van der Waals surface area contributed by atoms with Crippen molar-refractivity contribution >= 4 is 0 Å². The smallest absolute Gasteiger partial charge is 0.131 e. The van der Waals surface area contributed by atoms with E-state index in [0.717, 1.165) is 37.1 Å². The van der Waals surface area contributed by atoms with E-state index in [2.05, 4.69) is 17.2 Å². The standard InChI is InChI=1S/C17H29N3O/c1-3-4-14-5-7-15(8-6-14)17-19-10-9-16(20-17)13-18-11-12-21-2/h9-10,14-15,18H,3-8,11-13H2,1-2H3. The zero-order chi connectivity index (χ0) is 14.9. The van der Waals surface area contributed by atoms with Crippen LogP contribution >= 0.6 is 0 Å². The summed E-state index contributed by atoms with van der Waals surface area (Å²) in [4.78, 5) is 9.27. The molecular formula is C17H29N3O. The summed E-state index contributed by atoms with van der Waals surface area (Å²) in [5.74, 6) is 2.55. The van der Waals surface area contributed by atoms with Crippen LogP contribution in [0.1, 0.15) is 62.9 Å². The topological polar surface area (TPSA) is 47.0 Å². The van der Waals surface area contributed by atoms with Crippen LogP contribution in [0.2, 0.25) is 0 Å². The first-order valence-corrected chi connectivity index (χ1v) is 8.35. The van der Waals surface area contributed by atoms with Gasteiger partial charge in [-0.05, 0) is 37.7 Å². The average Bonchev–Trinajstić information content (AvgIpc) is 2.53. The molecule has 0 amide bonds. The molecule has 0 spiro atoms. The third-order valence-electron chi connectivity index (χ3n) is 4.43. The van der Waals surface area contributed by atoms with Crippen LogP contribution in [-0.2, 0) is 11.3 Å². The molecule has 0 aliphatic heterocycles. The molecule has 1 aliphatic rings. The predicted molar refractivity (Wildman–Crippen MR) is 85.2 cm³/mol. The Balaban J connectivity index is 1.83. The molecule has 0 bridgehead atoms. The van der Waals surface area contributed by atoms with Gasteiger partial charge in [0, 0.05) is 32.3 Å². The van der Waals surface area contributed by atoms with Gasteiger partial charge >= 0.3 is 0 Å². The van der Waals surface area contributed by atoms with Crippen LogP contribution in [0.25, 0.3) is 0 Å². The minimum Gasteiger partial charge on any atom is -0.383 e. The quantitative estimate of drug-likeness (QED) is 0.747. The minimum absolute atomic E-state index is 0.567. The van der Waals surface area contributed by atoms with Crippen molar-refractivity contribution in [1.82, 2.24) is 15.3 Å². The normalized spacial score (nSPS) is 22.4. The van der Waals surface area contributed by atoms with Gasteiger partial charge < -0.3 is 10.1 Å². The zero-order valence-corrected chi connectivity index (χ0v) is 13.5. The summed E-state index contributed by atoms with van der Waals surface area (Å²) in [5, 5.41) is 3.34. The van der Waals surface area contributed by atoms with Crippen molar-refractivity contribution in [3.63, 3.8) is 0 Å². The van der Waals surface area contributed by atoms with E-state index in [0.29, 0.717) is 5.92 Å². The molecule has 0 unspecified atom stereocenters. The summed E-state index contributed by atoms with van der Waals surface area (Å²) in [6, 6.07) is 2.01. The molecule has 0 atom stereocenters. The molecule has 21 heavy (non-hydrogen) atoms. The third kappa shape index (κ3) is 5.36. The van der Waals surface area contributed by atoms with Crippen LogP contribution in [0.4, 0.5) is 0 Å². The highest BCUT2D eigenvalue weighted by molar-refractivity contribution is 5.06. The second kappa shape index (κ2) is 9.11. The largest absolute Gasteiger partial charge is 0.383 e. The lowest BCUT2D eigenvalue weighted by atomic mass is 9.80. The van der Waals surface area contributed by atoms with Crippen LogP contribution in [0, 0.1) is 5.92 Å². The molecule has 4 nitrogen and oxygen atoms in total. The number of hydrogen-bond donors (Lipinski definition) is 1. The molecular weight excluding hydrogens is 262 g/mol. The predicted octanol–water partition coefficient (Wildman–Crippen LogP) is 3.29. The number of hydrogen-bond acceptors (Lipinski definition) is 4. The summed E-state index contributed by atoms with van der Waals surface area (Å²) in [7, 11) is 1.72. The van der Waals surface area contributed by atoms with E-state index in [1.165, 1.54) is 38.5 Å². The Hall–Kier alpha value is -1.00. The van der Waals surface area contributed by atoms with Crippen LogP contribution in [0.15, 0.2) is 12.3 Å². The molecule has 1 N–H and O–H groups in total. The van der Waals surface area contributed by atoms with Gasteiger partial charge in [-0.1, -0.05) is 19.8 Å². The molecule has 1 fully saturated rings. The number of nitrogens with one attached hydrogen (secondary N) is 1. The highest BCUT2D eigenvalue weighted by atomic mass is 16.5. The highest BCUT2D eigenvalue weighted by Crippen LogP contribution is 2.36. The number of ether oxygens (including phenoxy) is 1. The average molecular weight is 291 g/mol. The van der Waals surface area contributed by atoms with Crippen molar-refractivity contribution in [3.8, 4) is 0 Å². The molecule has 2 rings (SSSR count). The van der Waals surface area contributed by atoms with E-state index in [4.69, 9.17) is 9.72 Å². The van der Waals surface area contributed by atoms with Gasteiger partial charge in [0.1, 0.15) is 5.82 Å². The van der Waals surface area contributed by atoms with E-state index in [1.54, 1.807) is 7.11 Å². The summed E-state index contributed by atoms with van der Waals surface area (Å²) in [6.07, 6.45) is 9.81. The zero-order valence-electron chi connectivity index (χ0n) is 13.5. The molecule has 1 aromatic rings. The van der Waals surface area contributed by atoms with Crippen molar-refractivity contribution in [2.75, 3.05) is 20.3 Å². The minimum atomic E-state index is 0.567. The summed E-state index contributed by atoms with van der Waals surface area (Å²) in [6.45, 7) is 4.68. The number of rotatable bonds is 8. The van der Waals surface area contributed by atoms with Crippen molar-refractivity contribution in [2.45, 2.75) is 57.9 Å². The van der Waals surface area contributed by atoms with Crippen LogP contribution in [0.5, 0.6) is 0 Å². The Morgan fingerprint density at radius 1 is 1.29 bits per heavy atom. The van der Waals surface area contributed by atoms with Gasteiger partial charge in [-0.25, -0.2) is 9.97 Å². The van der Waals surface area contributed by atoms with Crippen molar-refractivity contribution in [2.24, 2.45) is 5.92 Å². The maximum absolute atomic E-state index is 5.03. The molecule has 1 aliphatic carbocycles. The second-order valence-electron chi connectivity index (χ2n) is 6.08. The molecule has 0 aromatic carbocycles. The Bertz CT molecular complexity index is 403. The first kappa shape index (κ1) is 16.4. The molecule has 0 saturated heterocycles. The van der Waals surface area contributed by atoms with E-state index in [9.17, 15) is 0 Å². The fraction of sp³-hybridized carbons (Fsp3) is 0.765. The van der Waals surface area contributed by atoms with Crippen molar-refractivity contribution < 1.29 is 4.74 Å². The Kier molecular flexibility index (Phi) is 7.10. The Morgan fingerprint density at radius 2 is 2.10 bits per heavy atom. The maximum atomic E-state index is 5.03. The first-order valence-electron chi connectivity index (χ1n) is 8.35. The van der Waals surface area contributed by atoms with E-state index >= 15 is 0 Å². The summed E-state index contributed by atoms with van der Waals surface area (Å²) in [5.41, 5.74) is 1.09. The maximum Gasteiger partial charge on any atom is 0.131 e. The highest BCUT2D eigenvalue weighted by Gasteiger charge is 2.23. The van der Waals surface area contributed by atoms with Crippen LogP contribution in [0.3, 0.4) is 0 Å². The van der Waals surface area contributed by atoms with E-state index < -0.39 is 0 Å². The molecule has 0 radical (unpaired) electrons. The lowest BCUT2D eigenvalue weighted by Crippen LogP contribution is -2.20. The first-order chi connectivity index (χ1) is 10.3. The molecule has 1 heterocycles. The summed E-state index contributed by atoms with van der Waals surface area (Å²) >= 11 is 0. The third-order valence-corrected chi connectivity index (χ3v) is 4.43. The van der Waals surface area contributed by atoms with Gasteiger partial charge in [-0.15, -0.1) is 0 Å². The van der Waals surface area contributed by atoms with Gasteiger partial charge in [0.25, 0.3) is 0 Å². The Labute approximate surface area is 128 Å². The molecule has 1 aromatic heterocycles. The monoisotopic (exact) mass is 291 g/mol. The lowest BCUT2D eigenvalue weighted by molar-refractivity contribution is 0.199. The molecule has 1 saturated carbocycles. The van der Waals surface area contributed by atoms with Crippen LogP contribution < -0.4 is 5.32 Å². The Morgan fingerprint density at radius 3 is 2.81 bits per heavy atom. The van der Waals surface area contributed by atoms with Gasteiger partial charge in [0.2, 0.25) is 0 Å². The van der Waals surface area contributed by atoms with Crippen molar-refractivity contribution in [3.05, 3.63) is 23.8 Å². The number of aromatic nitrogens is 2. The number of nitrogens with zero attached hydrogens (tertiary/aromatic N) is 2. The summed E-state index contributed by atoms with van der Waals surface area (Å²) < 4.78 is 5.03. The fourth-order valence-electron chi connectivity index (χ4n) is 3.22. The van der Waals surface area contributed by atoms with E-state index in [-0.39, 0.29) is 0 Å². The van der Waals surface area contributed by atoms with Crippen LogP contribution in [-0.4, -0.2) is 30.2 Å². The molecule has 118 valence electrons. The van der Waals surface area contributed by atoms with Gasteiger partial charge in [0.05, 0.1) is 12.3 Å². The van der Waals surface area contributed by atoms with Gasteiger partial charge in [0.15, 0.2) is 0 Å². The SMILES string of the molecule is CCCC1CCC(c2nccc(CNCCOC)n2)CC1. The fourth-order valence-corrected chi connectivity index (χ4v) is 3.22. The molecule has 4 heteroatoms. The van der Waals surface area contributed by atoms with Crippen molar-refractivity contribution in [1.29, 1.82) is 0 Å². The van der Waals surface area contributed by atoms with E-state index in [1.807, 2.05) is 12.3 Å².